The molecule has 1 aliphatic rings. The van der Waals surface area contributed by atoms with E-state index in [1.165, 1.54) is 0 Å². The van der Waals surface area contributed by atoms with Crippen LogP contribution in [0.3, 0.4) is 0 Å². The Morgan fingerprint density at radius 1 is 0.500 bits per heavy atom. The second kappa shape index (κ2) is 11.8. The normalized spacial score (nSPS) is 11.4. The van der Waals surface area contributed by atoms with Crippen molar-refractivity contribution in [1.82, 2.24) is 19.9 Å². The van der Waals surface area contributed by atoms with Crippen molar-refractivity contribution in [2.24, 2.45) is 0 Å². The van der Waals surface area contributed by atoms with E-state index in [1.54, 1.807) is 24.3 Å². The van der Waals surface area contributed by atoms with Crippen LogP contribution in [-0.2, 0) is 0 Å². The highest BCUT2D eigenvalue weighted by molar-refractivity contribution is 5.99. The van der Waals surface area contributed by atoms with Gasteiger partial charge in [-0.05, 0) is 62.4 Å². The Bertz CT molecular complexity index is 2220. The van der Waals surface area contributed by atoms with Crippen molar-refractivity contribution in [2.45, 2.75) is 13.8 Å². The summed E-state index contributed by atoms with van der Waals surface area (Å²) >= 11 is 0. The molecule has 4 aromatic carbocycles. The van der Waals surface area contributed by atoms with Gasteiger partial charge in [-0.1, -0.05) is 72.8 Å². The standard InChI is InChI=1S/C38H22N10/c1-23-5-17-29(18-6-23)47-35-36(48(30-19-7-24(2)8-20-30)38-37(47)45-33(41-3)34(42-4)46-38)44-32(28-15-11-26(22-40)12-16-28)31(43-35)27-13-9-25(21-39)10-14-27/h5-20H,1-2H3. The number of aromatic nitrogens is 4. The van der Waals surface area contributed by atoms with Crippen LogP contribution in [0.5, 0.6) is 0 Å². The maximum atomic E-state index is 9.48. The minimum atomic E-state index is -0.123. The van der Waals surface area contributed by atoms with E-state index in [1.807, 2.05) is 96.4 Å². The van der Waals surface area contributed by atoms with Gasteiger partial charge in [-0.2, -0.15) is 10.5 Å². The van der Waals surface area contributed by atoms with Gasteiger partial charge in [-0.15, -0.1) is 9.97 Å². The highest BCUT2D eigenvalue weighted by Gasteiger charge is 2.42. The molecule has 0 unspecified atom stereocenters. The number of nitriles is 2. The third kappa shape index (κ3) is 4.99. The third-order valence-corrected chi connectivity index (χ3v) is 7.90. The molecular formula is C38H22N10. The summed E-state index contributed by atoms with van der Waals surface area (Å²) in [7, 11) is 0. The average molecular weight is 619 g/mol. The van der Waals surface area contributed by atoms with Gasteiger partial charge in [0.15, 0.2) is 11.6 Å². The minimum Gasteiger partial charge on any atom is -0.370 e. The van der Waals surface area contributed by atoms with Gasteiger partial charge in [0.2, 0.25) is 0 Å². The highest BCUT2D eigenvalue weighted by Crippen LogP contribution is 2.53. The van der Waals surface area contributed by atoms with Crippen LogP contribution >= 0.6 is 0 Å². The number of anilines is 6. The number of hydrogen-bond donors (Lipinski definition) is 0. The summed E-state index contributed by atoms with van der Waals surface area (Å²) in [5.41, 5.74) is 7.02. The Kier molecular flexibility index (Phi) is 7.23. The van der Waals surface area contributed by atoms with Crippen LogP contribution in [0.2, 0.25) is 0 Å². The fourth-order valence-corrected chi connectivity index (χ4v) is 5.45. The second-order valence-electron chi connectivity index (χ2n) is 11.0. The molecule has 224 valence electrons. The van der Waals surface area contributed by atoms with Crippen LogP contribution in [0, 0.1) is 49.7 Å². The predicted octanol–water partition coefficient (Wildman–Crippen LogP) is 9.32. The summed E-state index contributed by atoms with van der Waals surface area (Å²) in [6, 6.07) is 34.2. The lowest BCUT2D eigenvalue weighted by atomic mass is 10.0. The first-order chi connectivity index (χ1) is 23.4. The quantitative estimate of drug-likeness (QED) is 0.179. The molecule has 0 N–H and O–H groups in total. The molecule has 0 bridgehead atoms. The van der Waals surface area contributed by atoms with Gasteiger partial charge in [-0.3, -0.25) is 9.80 Å². The fourth-order valence-electron chi connectivity index (χ4n) is 5.45. The van der Waals surface area contributed by atoms with Crippen LogP contribution in [-0.4, -0.2) is 19.9 Å². The molecule has 10 heteroatoms. The molecule has 48 heavy (non-hydrogen) atoms. The highest BCUT2D eigenvalue weighted by atomic mass is 15.4. The zero-order valence-corrected chi connectivity index (χ0v) is 25.7. The summed E-state index contributed by atoms with van der Waals surface area (Å²) in [5, 5.41) is 19.0. The van der Waals surface area contributed by atoms with Crippen LogP contribution in [0.15, 0.2) is 97.1 Å². The smallest absolute Gasteiger partial charge is 0.300 e. The Morgan fingerprint density at radius 2 is 0.833 bits per heavy atom. The molecule has 0 aliphatic carbocycles. The van der Waals surface area contributed by atoms with Gasteiger partial charge in [-0.25, -0.2) is 9.97 Å². The van der Waals surface area contributed by atoms with E-state index in [2.05, 4.69) is 21.8 Å². The lowest BCUT2D eigenvalue weighted by molar-refractivity contribution is 1.00. The summed E-state index contributed by atoms with van der Waals surface area (Å²) in [5.74, 6) is 1.23. The van der Waals surface area contributed by atoms with Crippen molar-refractivity contribution in [3.8, 4) is 34.7 Å². The Hall–Kier alpha value is -7.40. The molecule has 10 nitrogen and oxygen atoms in total. The fraction of sp³-hybridized carbons (Fsp3) is 0.0526. The van der Waals surface area contributed by atoms with E-state index in [9.17, 15) is 10.5 Å². The largest absolute Gasteiger partial charge is 0.370 e. The molecule has 0 spiro atoms. The van der Waals surface area contributed by atoms with E-state index < -0.39 is 0 Å². The van der Waals surface area contributed by atoms with Crippen molar-refractivity contribution in [3.63, 3.8) is 0 Å². The molecule has 7 rings (SSSR count). The van der Waals surface area contributed by atoms with Crippen LogP contribution in [0.4, 0.5) is 46.3 Å². The van der Waals surface area contributed by atoms with Gasteiger partial charge in [0.25, 0.3) is 11.6 Å². The van der Waals surface area contributed by atoms with E-state index in [4.69, 9.17) is 33.1 Å². The molecule has 0 amide bonds. The number of fused-ring (bicyclic) bond motifs is 2. The van der Waals surface area contributed by atoms with Crippen molar-refractivity contribution < 1.29 is 0 Å². The summed E-state index contributed by atoms with van der Waals surface area (Å²) in [4.78, 5) is 30.7. The van der Waals surface area contributed by atoms with E-state index in [0.29, 0.717) is 57.2 Å². The maximum absolute atomic E-state index is 9.48. The van der Waals surface area contributed by atoms with Gasteiger partial charge in [0, 0.05) is 11.1 Å². The van der Waals surface area contributed by atoms with E-state index in [-0.39, 0.29) is 11.6 Å². The van der Waals surface area contributed by atoms with Gasteiger partial charge in [0.05, 0.1) is 46.0 Å². The molecule has 0 fully saturated rings. The summed E-state index contributed by atoms with van der Waals surface area (Å²) in [6.45, 7) is 19.6. The van der Waals surface area contributed by atoms with Crippen LogP contribution < -0.4 is 9.80 Å². The zero-order chi connectivity index (χ0) is 33.4. The number of benzene rings is 4. The van der Waals surface area contributed by atoms with Crippen molar-refractivity contribution in [3.05, 3.63) is 142 Å². The maximum Gasteiger partial charge on any atom is 0.300 e. The molecular weight excluding hydrogens is 596 g/mol. The first-order valence-corrected chi connectivity index (χ1v) is 14.8. The SMILES string of the molecule is [C-]#[N+]c1nc2c(nc1[N+]#[C-])N(c1ccc(C)cc1)c1nc(-c3ccc(C#N)cc3)c(-c3ccc(C#N)cc3)nc1N2c1ccc(C)cc1. The van der Waals surface area contributed by atoms with Crippen molar-refractivity contribution in [1.29, 1.82) is 10.5 Å². The van der Waals surface area contributed by atoms with Crippen molar-refractivity contribution in [2.75, 3.05) is 9.80 Å². The molecule has 0 saturated heterocycles. The molecule has 0 saturated carbocycles. The molecule has 1 aliphatic heterocycles. The average Bonchev–Trinajstić information content (AvgIpc) is 3.13. The van der Waals surface area contributed by atoms with E-state index in [0.717, 1.165) is 22.3 Å². The Labute approximate surface area is 276 Å². The number of hydrogen-bond acceptors (Lipinski definition) is 8. The van der Waals surface area contributed by atoms with Gasteiger partial charge < -0.3 is 9.69 Å². The number of rotatable bonds is 4. The lowest BCUT2D eigenvalue weighted by Crippen LogP contribution is -2.28. The summed E-state index contributed by atoms with van der Waals surface area (Å²) in [6.07, 6.45) is 0. The molecule has 3 heterocycles. The zero-order valence-electron chi connectivity index (χ0n) is 25.7. The van der Waals surface area contributed by atoms with E-state index >= 15 is 0 Å². The summed E-state index contributed by atoms with van der Waals surface area (Å²) < 4.78 is 0. The molecule has 6 aromatic rings. The molecule has 0 radical (unpaired) electrons. The molecule has 0 atom stereocenters. The Morgan fingerprint density at radius 3 is 1.15 bits per heavy atom. The molecule has 2 aromatic heterocycles. The monoisotopic (exact) mass is 618 g/mol. The van der Waals surface area contributed by atoms with Gasteiger partial charge >= 0.3 is 11.6 Å². The number of aryl methyl sites for hydroxylation is 2. The Balaban J connectivity index is 1.61. The number of nitrogens with zero attached hydrogens (tertiary/aromatic N) is 10. The van der Waals surface area contributed by atoms with Crippen LogP contribution in [0.1, 0.15) is 22.3 Å². The lowest BCUT2D eigenvalue weighted by Gasteiger charge is -2.34. The van der Waals surface area contributed by atoms with Crippen LogP contribution in [0.25, 0.3) is 32.2 Å². The topological polar surface area (TPSA) is 114 Å². The first kappa shape index (κ1) is 29.3. The second-order valence-corrected chi connectivity index (χ2v) is 11.0. The van der Waals surface area contributed by atoms with Crippen molar-refractivity contribution >= 4 is 46.3 Å². The van der Waals surface area contributed by atoms with Gasteiger partial charge in [0.1, 0.15) is 0 Å². The third-order valence-electron chi connectivity index (χ3n) is 7.90. The minimum absolute atomic E-state index is 0.123. The first-order valence-electron chi connectivity index (χ1n) is 14.8. The predicted molar refractivity (Wildman–Crippen MR) is 183 cm³/mol.